The molecule has 3 aromatic heterocycles. The summed E-state index contributed by atoms with van der Waals surface area (Å²) in [6.45, 7) is 1.74. The molecule has 1 fully saturated rings. The summed E-state index contributed by atoms with van der Waals surface area (Å²) >= 11 is 1.44. The van der Waals surface area contributed by atoms with Crippen LogP contribution in [0.4, 0.5) is 19.5 Å². The molecule has 5 aromatic rings. The minimum Gasteiger partial charge on any atom is -0.351 e. The number of halogens is 2. The molecule has 4 heterocycles. The Kier molecular flexibility index (Phi) is 6.89. The smallest absolute Gasteiger partial charge is 0.317 e. The third-order valence-electron chi connectivity index (χ3n) is 6.76. The standard InChI is InChI=1S/C28H25F2N7OS/c29-21-7-6-19(16-22(21)30)24-25(37-14-15-39-28(37)35-24)23-8-11-31-26(34-23)33-20-9-12-36(13-10-20)27(38)32-17-18-4-2-1-3-5-18/h1-8,11,14-16,20H,9-10,12-13,17H2,(H,32,38)(H,31,33,34). The first kappa shape index (κ1) is 24.9. The van der Waals surface area contributed by atoms with Gasteiger partial charge in [-0.25, -0.2) is 28.5 Å². The zero-order chi connectivity index (χ0) is 26.8. The number of nitrogens with zero attached hydrogens (tertiary/aromatic N) is 5. The number of urea groups is 1. The van der Waals surface area contributed by atoms with E-state index in [1.165, 1.54) is 17.4 Å². The average Bonchev–Trinajstić information content (AvgIpc) is 3.56. The first-order chi connectivity index (χ1) is 19.0. The maximum absolute atomic E-state index is 14.0. The van der Waals surface area contributed by atoms with Crippen molar-refractivity contribution in [3.63, 3.8) is 0 Å². The molecule has 0 radical (unpaired) electrons. The Labute approximate surface area is 227 Å². The van der Waals surface area contributed by atoms with E-state index < -0.39 is 11.6 Å². The molecule has 0 aliphatic carbocycles. The number of imidazole rings is 1. The summed E-state index contributed by atoms with van der Waals surface area (Å²) < 4.78 is 29.5. The van der Waals surface area contributed by atoms with Crippen LogP contribution in [-0.4, -0.2) is 49.4 Å². The number of carbonyl (C=O) groups excluding carboxylic acids is 1. The van der Waals surface area contributed by atoms with Crippen LogP contribution in [0.1, 0.15) is 18.4 Å². The molecule has 0 unspecified atom stereocenters. The molecule has 1 saturated heterocycles. The van der Waals surface area contributed by atoms with Crippen molar-refractivity contribution in [2.24, 2.45) is 0 Å². The molecule has 0 spiro atoms. The summed E-state index contributed by atoms with van der Waals surface area (Å²) in [4.78, 5) is 29.0. The quantitative estimate of drug-likeness (QED) is 0.291. The Bertz CT molecular complexity index is 1610. The van der Waals surface area contributed by atoms with Crippen molar-refractivity contribution < 1.29 is 13.6 Å². The maximum atomic E-state index is 14.0. The van der Waals surface area contributed by atoms with Gasteiger partial charge < -0.3 is 15.5 Å². The highest BCUT2D eigenvalue weighted by molar-refractivity contribution is 7.15. The summed E-state index contributed by atoms with van der Waals surface area (Å²) in [5.74, 6) is -1.38. The third kappa shape index (κ3) is 5.30. The van der Waals surface area contributed by atoms with E-state index in [9.17, 15) is 13.6 Å². The molecule has 39 heavy (non-hydrogen) atoms. The van der Waals surface area contributed by atoms with E-state index >= 15 is 0 Å². The van der Waals surface area contributed by atoms with Crippen LogP contribution >= 0.6 is 11.3 Å². The van der Waals surface area contributed by atoms with Crippen LogP contribution in [0.3, 0.4) is 0 Å². The fraction of sp³-hybridized carbons (Fsp3) is 0.214. The van der Waals surface area contributed by atoms with E-state index in [0.717, 1.165) is 35.5 Å². The lowest BCUT2D eigenvalue weighted by Crippen LogP contribution is -2.46. The Balaban J connectivity index is 1.15. The molecule has 0 atom stereocenters. The van der Waals surface area contributed by atoms with E-state index in [4.69, 9.17) is 4.98 Å². The first-order valence-electron chi connectivity index (χ1n) is 12.6. The molecule has 2 amide bonds. The number of benzene rings is 2. The van der Waals surface area contributed by atoms with Gasteiger partial charge in [0.05, 0.1) is 11.4 Å². The fourth-order valence-electron chi connectivity index (χ4n) is 4.73. The van der Waals surface area contributed by atoms with Gasteiger partial charge in [-0.3, -0.25) is 4.40 Å². The van der Waals surface area contributed by atoms with E-state index in [2.05, 4.69) is 20.6 Å². The Morgan fingerprint density at radius 1 is 1.03 bits per heavy atom. The number of thiazole rings is 1. The number of piperidine rings is 1. The van der Waals surface area contributed by atoms with Gasteiger partial charge in [0, 0.05) is 49.0 Å². The number of nitrogens with one attached hydrogen (secondary N) is 2. The van der Waals surface area contributed by atoms with Crippen molar-refractivity contribution in [2.75, 3.05) is 18.4 Å². The number of rotatable bonds is 6. The van der Waals surface area contributed by atoms with Crippen molar-refractivity contribution in [1.29, 1.82) is 0 Å². The van der Waals surface area contributed by atoms with Crippen molar-refractivity contribution in [1.82, 2.24) is 29.6 Å². The molecular formula is C28H25F2N7OS. The second-order valence-corrected chi connectivity index (χ2v) is 10.2. The first-order valence-corrected chi connectivity index (χ1v) is 13.5. The van der Waals surface area contributed by atoms with Crippen LogP contribution in [0.5, 0.6) is 0 Å². The number of anilines is 1. The molecule has 2 N–H and O–H groups in total. The van der Waals surface area contributed by atoms with Gasteiger partial charge in [-0.2, -0.15) is 0 Å². The molecule has 2 aromatic carbocycles. The van der Waals surface area contributed by atoms with Crippen molar-refractivity contribution in [2.45, 2.75) is 25.4 Å². The topological polar surface area (TPSA) is 87.5 Å². The molecule has 6 rings (SSSR count). The van der Waals surface area contributed by atoms with Gasteiger partial charge >= 0.3 is 6.03 Å². The molecule has 11 heteroatoms. The van der Waals surface area contributed by atoms with Gasteiger partial charge in [0.1, 0.15) is 5.69 Å². The van der Waals surface area contributed by atoms with Crippen LogP contribution in [0.25, 0.3) is 27.6 Å². The maximum Gasteiger partial charge on any atom is 0.317 e. The number of carbonyl (C=O) groups is 1. The number of fused-ring (bicyclic) bond motifs is 1. The summed E-state index contributed by atoms with van der Waals surface area (Å²) in [5, 5.41) is 8.29. The minimum atomic E-state index is -0.931. The van der Waals surface area contributed by atoms with E-state index in [1.54, 1.807) is 12.3 Å². The number of amides is 2. The van der Waals surface area contributed by atoms with Gasteiger partial charge in [0.25, 0.3) is 0 Å². The fourth-order valence-corrected chi connectivity index (χ4v) is 5.44. The summed E-state index contributed by atoms with van der Waals surface area (Å²) in [6, 6.07) is 15.4. The Hall–Kier alpha value is -4.38. The zero-order valence-corrected chi connectivity index (χ0v) is 21.7. The predicted octanol–water partition coefficient (Wildman–Crippen LogP) is 5.58. The predicted molar refractivity (Wildman–Crippen MR) is 146 cm³/mol. The number of hydrogen-bond donors (Lipinski definition) is 2. The number of aromatic nitrogens is 4. The summed E-state index contributed by atoms with van der Waals surface area (Å²) in [6.07, 6.45) is 5.05. The molecule has 0 bridgehead atoms. The third-order valence-corrected chi connectivity index (χ3v) is 7.51. The van der Waals surface area contributed by atoms with Crippen LogP contribution in [0.15, 0.2) is 72.4 Å². The molecule has 1 aliphatic rings. The van der Waals surface area contributed by atoms with Crippen LogP contribution in [-0.2, 0) is 6.54 Å². The van der Waals surface area contributed by atoms with Crippen LogP contribution in [0, 0.1) is 11.6 Å². The van der Waals surface area contributed by atoms with Gasteiger partial charge in [0.15, 0.2) is 16.6 Å². The van der Waals surface area contributed by atoms with Crippen LogP contribution in [0.2, 0.25) is 0 Å². The van der Waals surface area contributed by atoms with Crippen molar-refractivity contribution >= 4 is 28.3 Å². The van der Waals surface area contributed by atoms with Gasteiger partial charge in [-0.05, 0) is 42.7 Å². The highest BCUT2D eigenvalue weighted by Crippen LogP contribution is 2.34. The lowest BCUT2D eigenvalue weighted by atomic mass is 10.1. The SMILES string of the molecule is O=C(NCc1ccccc1)N1CCC(Nc2nccc(-c3c(-c4ccc(F)c(F)c4)nc4sccn34)n2)CC1. The molecule has 1 aliphatic heterocycles. The van der Waals surface area contributed by atoms with Gasteiger partial charge in [0.2, 0.25) is 5.95 Å². The van der Waals surface area contributed by atoms with Gasteiger partial charge in [-0.1, -0.05) is 30.3 Å². The zero-order valence-electron chi connectivity index (χ0n) is 20.8. The summed E-state index contributed by atoms with van der Waals surface area (Å²) in [7, 11) is 0. The molecular weight excluding hydrogens is 520 g/mol. The normalized spacial score (nSPS) is 14.1. The molecule has 8 nitrogen and oxygen atoms in total. The summed E-state index contributed by atoms with van der Waals surface area (Å²) in [5.41, 5.74) is 3.32. The molecule has 0 saturated carbocycles. The van der Waals surface area contributed by atoms with Crippen molar-refractivity contribution in [3.05, 3.63) is 89.6 Å². The Morgan fingerprint density at radius 3 is 2.64 bits per heavy atom. The van der Waals surface area contributed by atoms with E-state index in [0.29, 0.717) is 48.2 Å². The Morgan fingerprint density at radius 2 is 1.85 bits per heavy atom. The average molecular weight is 546 g/mol. The van der Waals surface area contributed by atoms with Crippen LogP contribution < -0.4 is 10.6 Å². The number of hydrogen-bond acceptors (Lipinski definition) is 6. The largest absolute Gasteiger partial charge is 0.351 e. The van der Waals surface area contributed by atoms with Gasteiger partial charge in [-0.15, -0.1) is 11.3 Å². The highest BCUT2D eigenvalue weighted by atomic mass is 32.1. The lowest BCUT2D eigenvalue weighted by molar-refractivity contribution is 0.183. The highest BCUT2D eigenvalue weighted by Gasteiger charge is 2.24. The molecule has 198 valence electrons. The van der Waals surface area contributed by atoms with Crippen molar-refractivity contribution in [3.8, 4) is 22.6 Å². The lowest BCUT2D eigenvalue weighted by Gasteiger charge is -2.32. The van der Waals surface area contributed by atoms with E-state index in [1.807, 2.05) is 51.2 Å². The monoisotopic (exact) mass is 545 g/mol. The van der Waals surface area contributed by atoms with E-state index in [-0.39, 0.29) is 12.1 Å². The second-order valence-electron chi connectivity index (χ2n) is 9.31. The number of likely N-dealkylation sites (tertiary alicyclic amines) is 1. The second kappa shape index (κ2) is 10.8. The minimum absolute atomic E-state index is 0.0687.